The molecule has 0 saturated carbocycles. The molecule has 27 heavy (non-hydrogen) atoms. The Morgan fingerprint density at radius 3 is 2.30 bits per heavy atom. The highest BCUT2D eigenvalue weighted by Crippen LogP contribution is 2.29. The zero-order valence-electron chi connectivity index (χ0n) is 14.8. The van der Waals surface area contributed by atoms with Crippen LogP contribution >= 0.6 is 0 Å². The highest BCUT2D eigenvalue weighted by Gasteiger charge is 2.49. The van der Waals surface area contributed by atoms with Crippen LogP contribution in [0.25, 0.3) is 0 Å². The van der Waals surface area contributed by atoms with E-state index in [2.05, 4.69) is 10.6 Å². The van der Waals surface area contributed by atoms with Crippen molar-refractivity contribution in [3.8, 4) is 11.5 Å². The number of phenolic OH excluding ortho intramolecular Hbond substituents is 2. The number of nitrogens with one attached hydrogen (secondary N) is 2. The largest absolute Gasteiger partial charge is 0.508 e. The van der Waals surface area contributed by atoms with Gasteiger partial charge in [-0.1, -0.05) is 29.8 Å². The van der Waals surface area contributed by atoms with E-state index in [0.29, 0.717) is 5.56 Å². The number of imide groups is 1. The molecule has 2 aromatic rings. The first-order valence-electron chi connectivity index (χ1n) is 8.23. The number of aryl methyl sites for hydroxylation is 1. The summed E-state index contributed by atoms with van der Waals surface area (Å²) in [5.74, 6) is -1.64. The maximum absolute atomic E-state index is 12.8. The smallest absolute Gasteiger partial charge is 0.325 e. The molecule has 1 heterocycles. The van der Waals surface area contributed by atoms with Crippen LogP contribution in [0.2, 0.25) is 0 Å². The first-order chi connectivity index (χ1) is 12.7. The number of carbonyl (C=O) groups is 3. The average molecular weight is 369 g/mol. The Labute approximate surface area is 155 Å². The Balaban J connectivity index is 1.75. The fraction of sp³-hybridized carbons (Fsp3) is 0.211. The molecule has 1 aliphatic rings. The summed E-state index contributed by atoms with van der Waals surface area (Å²) >= 11 is 0. The van der Waals surface area contributed by atoms with Crippen molar-refractivity contribution in [3.05, 3.63) is 53.6 Å². The summed E-state index contributed by atoms with van der Waals surface area (Å²) in [4.78, 5) is 38.1. The van der Waals surface area contributed by atoms with Gasteiger partial charge in [0.1, 0.15) is 23.6 Å². The lowest BCUT2D eigenvalue weighted by atomic mass is 9.91. The molecule has 8 heteroatoms. The van der Waals surface area contributed by atoms with Crippen LogP contribution < -0.4 is 10.6 Å². The van der Waals surface area contributed by atoms with E-state index in [1.54, 1.807) is 19.1 Å². The van der Waals surface area contributed by atoms with Gasteiger partial charge in [0.25, 0.3) is 5.91 Å². The third-order valence-corrected chi connectivity index (χ3v) is 4.39. The Morgan fingerprint density at radius 2 is 1.70 bits per heavy atom. The normalized spacial score (nSPS) is 19.1. The summed E-state index contributed by atoms with van der Waals surface area (Å²) in [7, 11) is 0. The van der Waals surface area contributed by atoms with Crippen molar-refractivity contribution in [1.29, 1.82) is 0 Å². The Morgan fingerprint density at radius 1 is 1.11 bits per heavy atom. The molecule has 0 aliphatic carbocycles. The fourth-order valence-electron chi connectivity index (χ4n) is 2.93. The number of nitrogens with zero attached hydrogens (tertiary/aromatic N) is 1. The molecule has 1 unspecified atom stereocenters. The molecular weight excluding hydrogens is 350 g/mol. The van der Waals surface area contributed by atoms with Crippen molar-refractivity contribution in [3.63, 3.8) is 0 Å². The van der Waals surface area contributed by atoms with Gasteiger partial charge >= 0.3 is 6.03 Å². The number of anilines is 1. The lowest BCUT2D eigenvalue weighted by molar-refractivity contribution is -0.133. The zero-order valence-corrected chi connectivity index (χ0v) is 14.8. The quantitative estimate of drug-likeness (QED) is 0.613. The van der Waals surface area contributed by atoms with Crippen molar-refractivity contribution in [2.45, 2.75) is 19.4 Å². The number of benzene rings is 2. The van der Waals surface area contributed by atoms with Crippen LogP contribution in [0.3, 0.4) is 0 Å². The molecule has 1 aliphatic heterocycles. The van der Waals surface area contributed by atoms with Crippen LogP contribution in [0.1, 0.15) is 18.1 Å². The fourth-order valence-corrected chi connectivity index (χ4v) is 2.93. The molecule has 0 radical (unpaired) electrons. The van der Waals surface area contributed by atoms with E-state index in [4.69, 9.17) is 0 Å². The Kier molecular flexibility index (Phi) is 4.49. The van der Waals surface area contributed by atoms with Gasteiger partial charge in [-0.3, -0.25) is 14.5 Å². The second-order valence-electron chi connectivity index (χ2n) is 6.60. The van der Waals surface area contributed by atoms with E-state index in [0.717, 1.165) is 16.5 Å². The van der Waals surface area contributed by atoms with E-state index >= 15 is 0 Å². The second-order valence-corrected chi connectivity index (χ2v) is 6.60. The van der Waals surface area contributed by atoms with Gasteiger partial charge in [0.2, 0.25) is 5.91 Å². The lowest BCUT2D eigenvalue weighted by Crippen LogP contribution is -2.42. The van der Waals surface area contributed by atoms with Gasteiger partial charge in [0.15, 0.2) is 0 Å². The molecule has 0 spiro atoms. The van der Waals surface area contributed by atoms with Crippen LogP contribution in [0.5, 0.6) is 11.5 Å². The van der Waals surface area contributed by atoms with Crippen LogP contribution in [-0.2, 0) is 15.1 Å². The average Bonchev–Trinajstić information content (AvgIpc) is 2.78. The minimum absolute atomic E-state index is 0.144. The molecule has 1 saturated heterocycles. The van der Waals surface area contributed by atoms with Crippen molar-refractivity contribution in [2.24, 2.45) is 0 Å². The van der Waals surface area contributed by atoms with E-state index in [9.17, 15) is 24.6 Å². The maximum Gasteiger partial charge on any atom is 0.325 e. The van der Waals surface area contributed by atoms with Crippen LogP contribution in [0.4, 0.5) is 10.5 Å². The highest BCUT2D eigenvalue weighted by molar-refractivity contribution is 6.10. The molecular formula is C19H19N3O5. The highest BCUT2D eigenvalue weighted by atomic mass is 16.3. The van der Waals surface area contributed by atoms with Crippen molar-refractivity contribution < 1.29 is 24.6 Å². The number of hydrogen-bond donors (Lipinski definition) is 4. The van der Waals surface area contributed by atoms with Gasteiger partial charge in [-0.2, -0.15) is 0 Å². The molecule has 4 N–H and O–H groups in total. The number of aromatic hydroxyl groups is 2. The standard InChI is InChI=1S/C19H19N3O5/c1-11-3-5-12(6-4-11)19(2)17(26)22(18(27)21-19)10-16(25)20-13-7-14(23)9-15(24)8-13/h3-9,23-24H,10H2,1-2H3,(H,20,25)(H,21,27). The topological polar surface area (TPSA) is 119 Å². The lowest BCUT2D eigenvalue weighted by Gasteiger charge is -2.22. The van der Waals surface area contributed by atoms with Crippen molar-refractivity contribution >= 4 is 23.5 Å². The monoisotopic (exact) mass is 369 g/mol. The minimum Gasteiger partial charge on any atom is -0.508 e. The summed E-state index contributed by atoms with van der Waals surface area (Å²) in [5, 5.41) is 24.0. The van der Waals surface area contributed by atoms with Gasteiger partial charge in [0.05, 0.1) is 0 Å². The summed E-state index contributed by atoms with van der Waals surface area (Å²) in [6, 6.07) is 10.1. The predicted molar refractivity (Wildman–Crippen MR) is 97.2 cm³/mol. The maximum atomic E-state index is 12.8. The Bertz CT molecular complexity index is 905. The third-order valence-electron chi connectivity index (χ3n) is 4.39. The predicted octanol–water partition coefficient (Wildman–Crippen LogP) is 1.81. The zero-order chi connectivity index (χ0) is 19.8. The SMILES string of the molecule is Cc1ccc(C2(C)NC(=O)N(CC(=O)Nc3cc(O)cc(O)c3)C2=O)cc1. The van der Waals surface area contributed by atoms with Gasteiger partial charge in [-0.05, 0) is 19.4 Å². The molecule has 8 nitrogen and oxygen atoms in total. The van der Waals surface area contributed by atoms with Gasteiger partial charge in [-0.25, -0.2) is 4.79 Å². The Hall–Kier alpha value is -3.55. The van der Waals surface area contributed by atoms with Crippen molar-refractivity contribution in [2.75, 3.05) is 11.9 Å². The number of carbonyl (C=O) groups excluding carboxylic acids is 3. The summed E-state index contributed by atoms with van der Waals surface area (Å²) in [6.07, 6.45) is 0. The summed E-state index contributed by atoms with van der Waals surface area (Å²) < 4.78 is 0. The minimum atomic E-state index is -1.26. The third kappa shape index (κ3) is 3.55. The number of urea groups is 1. The van der Waals surface area contributed by atoms with Crippen LogP contribution in [0.15, 0.2) is 42.5 Å². The van der Waals surface area contributed by atoms with Crippen LogP contribution in [0, 0.1) is 6.92 Å². The van der Waals surface area contributed by atoms with E-state index in [-0.39, 0.29) is 17.2 Å². The first-order valence-corrected chi connectivity index (χ1v) is 8.23. The van der Waals surface area contributed by atoms with Gasteiger partial charge < -0.3 is 20.8 Å². The van der Waals surface area contributed by atoms with Gasteiger partial charge in [0, 0.05) is 23.9 Å². The van der Waals surface area contributed by atoms with Crippen molar-refractivity contribution in [1.82, 2.24) is 10.2 Å². The molecule has 1 atom stereocenters. The molecule has 3 rings (SSSR count). The number of amides is 4. The first kappa shape index (κ1) is 18.2. The molecule has 0 bridgehead atoms. The van der Waals surface area contributed by atoms with Gasteiger partial charge in [-0.15, -0.1) is 0 Å². The van der Waals surface area contributed by atoms with E-state index in [1.807, 2.05) is 19.1 Å². The molecule has 4 amide bonds. The molecule has 1 fully saturated rings. The molecule has 140 valence electrons. The number of rotatable bonds is 4. The van der Waals surface area contributed by atoms with E-state index in [1.165, 1.54) is 12.1 Å². The number of phenols is 2. The molecule has 2 aromatic carbocycles. The van der Waals surface area contributed by atoms with E-state index < -0.39 is 29.9 Å². The molecule has 0 aromatic heterocycles. The summed E-state index contributed by atoms with van der Waals surface area (Å²) in [5.41, 5.74) is 0.525. The summed E-state index contributed by atoms with van der Waals surface area (Å²) in [6.45, 7) is 3.00. The second kappa shape index (κ2) is 6.64. The van der Waals surface area contributed by atoms with Crippen LogP contribution in [-0.4, -0.2) is 39.5 Å². The number of hydrogen-bond acceptors (Lipinski definition) is 5.